The fraction of sp³-hybridized carbons (Fsp3) is 0.263. The third kappa shape index (κ3) is 3.97. The molecule has 0 aliphatic carbocycles. The second kappa shape index (κ2) is 7.09. The van der Waals surface area contributed by atoms with Crippen LogP contribution in [0.15, 0.2) is 48.7 Å². The molecule has 0 saturated heterocycles. The highest BCUT2D eigenvalue weighted by Crippen LogP contribution is 2.17. The number of unbranched alkanes of at least 4 members (excludes halogenated alkanes) is 1. The van der Waals surface area contributed by atoms with Gasteiger partial charge in [-0.05, 0) is 42.2 Å². The second-order valence-electron chi connectivity index (χ2n) is 5.82. The minimum atomic E-state index is -0.00541. The van der Waals surface area contributed by atoms with Crippen molar-refractivity contribution in [2.45, 2.75) is 32.6 Å². The van der Waals surface area contributed by atoms with E-state index in [2.05, 4.69) is 34.6 Å². The van der Waals surface area contributed by atoms with Crippen LogP contribution in [0.5, 0.6) is 0 Å². The summed E-state index contributed by atoms with van der Waals surface area (Å²) in [6.45, 7) is 2.19. The Hall–Kier alpha value is -2.62. The molecule has 4 nitrogen and oxygen atoms in total. The van der Waals surface area contributed by atoms with Gasteiger partial charge >= 0.3 is 0 Å². The van der Waals surface area contributed by atoms with Crippen LogP contribution < -0.4 is 5.32 Å². The number of aromatic amines is 1. The lowest BCUT2D eigenvalue weighted by atomic mass is 10.0. The minimum absolute atomic E-state index is 0.00541. The van der Waals surface area contributed by atoms with E-state index in [4.69, 9.17) is 0 Å². The molecule has 23 heavy (non-hydrogen) atoms. The van der Waals surface area contributed by atoms with Gasteiger partial charge in [-0.2, -0.15) is 5.10 Å². The first-order valence-corrected chi connectivity index (χ1v) is 8.05. The van der Waals surface area contributed by atoms with Gasteiger partial charge in [0.1, 0.15) is 0 Å². The first kappa shape index (κ1) is 15.3. The van der Waals surface area contributed by atoms with Gasteiger partial charge in [-0.3, -0.25) is 9.89 Å². The average molecular weight is 307 g/mol. The standard InChI is InChI=1S/C19H21N3O/c1-2-3-4-14-5-7-15(8-6-14)11-19(23)21-17-9-10-18-16(12-17)13-20-22-18/h5-10,12-13H,2-4,11H2,1H3,(H,20,22)(H,21,23). The predicted octanol–water partition coefficient (Wildman–Crippen LogP) is 4.09. The number of hydrogen-bond acceptors (Lipinski definition) is 2. The number of hydrogen-bond donors (Lipinski definition) is 2. The third-order valence-electron chi connectivity index (χ3n) is 3.93. The molecule has 1 heterocycles. The quantitative estimate of drug-likeness (QED) is 0.720. The number of fused-ring (bicyclic) bond motifs is 1. The Balaban J connectivity index is 1.60. The van der Waals surface area contributed by atoms with Crippen molar-refractivity contribution < 1.29 is 4.79 Å². The Kier molecular flexibility index (Phi) is 4.71. The van der Waals surface area contributed by atoms with Crippen molar-refractivity contribution in [2.24, 2.45) is 0 Å². The summed E-state index contributed by atoms with van der Waals surface area (Å²) in [6, 6.07) is 14.1. The van der Waals surface area contributed by atoms with Gasteiger partial charge in [0.05, 0.1) is 18.1 Å². The van der Waals surface area contributed by atoms with Crippen molar-refractivity contribution in [2.75, 3.05) is 5.32 Å². The van der Waals surface area contributed by atoms with Crippen LogP contribution >= 0.6 is 0 Å². The van der Waals surface area contributed by atoms with E-state index < -0.39 is 0 Å². The topological polar surface area (TPSA) is 57.8 Å². The van der Waals surface area contributed by atoms with Gasteiger partial charge in [0.2, 0.25) is 5.91 Å². The number of anilines is 1. The number of H-pyrrole nitrogens is 1. The van der Waals surface area contributed by atoms with E-state index in [0.29, 0.717) is 6.42 Å². The Morgan fingerprint density at radius 3 is 2.70 bits per heavy atom. The van der Waals surface area contributed by atoms with Crippen LogP contribution in [0.3, 0.4) is 0 Å². The van der Waals surface area contributed by atoms with Crippen molar-refractivity contribution in [1.29, 1.82) is 0 Å². The second-order valence-corrected chi connectivity index (χ2v) is 5.82. The molecular weight excluding hydrogens is 286 g/mol. The van der Waals surface area contributed by atoms with Gasteiger partial charge in [-0.15, -0.1) is 0 Å². The molecule has 3 aromatic rings. The van der Waals surface area contributed by atoms with Gasteiger partial charge < -0.3 is 5.32 Å². The first-order chi connectivity index (χ1) is 11.2. The maximum Gasteiger partial charge on any atom is 0.228 e. The Morgan fingerprint density at radius 2 is 1.91 bits per heavy atom. The molecule has 118 valence electrons. The lowest BCUT2D eigenvalue weighted by Crippen LogP contribution is -2.14. The largest absolute Gasteiger partial charge is 0.326 e. The minimum Gasteiger partial charge on any atom is -0.326 e. The summed E-state index contributed by atoms with van der Waals surface area (Å²) >= 11 is 0. The molecule has 3 rings (SSSR count). The molecule has 1 aromatic heterocycles. The van der Waals surface area contributed by atoms with Crippen LogP contribution in [-0.4, -0.2) is 16.1 Å². The molecule has 0 aliphatic rings. The highest BCUT2D eigenvalue weighted by atomic mass is 16.1. The first-order valence-electron chi connectivity index (χ1n) is 8.05. The van der Waals surface area contributed by atoms with Crippen LogP contribution in [0.1, 0.15) is 30.9 Å². The number of carbonyl (C=O) groups is 1. The van der Waals surface area contributed by atoms with Crippen LogP contribution in [0, 0.1) is 0 Å². The normalized spacial score (nSPS) is 10.8. The molecule has 2 aromatic carbocycles. The molecule has 1 amide bonds. The van der Waals surface area contributed by atoms with Crippen LogP contribution in [-0.2, 0) is 17.6 Å². The van der Waals surface area contributed by atoms with E-state index in [-0.39, 0.29) is 5.91 Å². The molecule has 0 bridgehead atoms. The van der Waals surface area contributed by atoms with Crippen molar-refractivity contribution >= 4 is 22.5 Å². The summed E-state index contributed by atoms with van der Waals surface area (Å²) < 4.78 is 0. The zero-order valence-electron chi connectivity index (χ0n) is 13.3. The molecule has 0 atom stereocenters. The molecule has 2 N–H and O–H groups in total. The van der Waals surface area contributed by atoms with E-state index in [1.807, 2.05) is 30.3 Å². The molecule has 0 fully saturated rings. The number of aromatic nitrogens is 2. The number of benzene rings is 2. The van der Waals surface area contributed by atoms with E-state index in [1.165, 1.54) is 18.4 Å². The van der Waals surface area contributed by atoms with Gasteiger partial charge in [-0.25, -0.2) is 0 Å². The zero-order chi connectivity index (χ0) is 16.1. The number of nitrogens with one attached hydrogen (secondary N) is 2. The van der Waals surface area contributed by atoms with E-state index in [9.17, 15) is 4.79 Å². The summed E-state index contributed by atoms with van der Waals surface area (Å²) in [5, 5.41) is 10.8. The van der Waals surface area contributed by atoms with E-state index in [1.54, 1.807) is 6.20 Å². The molecular formula is C19H21N3O. The van der Waals surface area contributed by atoms with Crippen LogP contribution in [0.25, 0.3) is 10.9 Å². The number of rotatable bonds is 6. The average Bonchev–Trinajstić information content (AvgIpc) is 3.02. The summed E-state index contributed by atoms with van der Waals surface area (Å²) in [7, 11) is 0. The van der Waals surface area contributed by atoms with Crippen molar-refractivity contribution in [3.8, 4) is 0 Å². The number of aryl methyl sites for hydroxylation is 1. The smallest absolute Gasteiger partial charge is 0.228 e. The highest BCUT2D eigenvalue weighted by Gasteiger charge is 2.05. The van der Waals surface area contributed by atoms with Gasteiger partial charge in [0.25, 0.3) is 0 Å². The molecule has 4 heteroatoms. The van der Waals surface area contributed by atoms with Crippen molar-refractivity contribution in [3.05, 3.63) is 59.8 Å². The predicted molar refractivity (Wildman–Crippen MR) is 93.5 cm³/mol. The number of amides is 1. The van der Waals surface area contributed by atoms with Crippen molar-refractivity contribution in [3.63, 3.8) is 0 Å². The number of carbonyl (C=O) groups excluding carboxylic acids is 1. The maximum absolute atomic E-state index is 12.2. The van der Waals surface area contributed by atoms with Crippen LogP contribution in [0.4, 0.5) is 5.69 Å². The van der Waals surface area contributed by atoms with Gasteiger partial charge in [0.15, 0.2) is 0 Å². The summed E-state index contributed by atoms with van der Waals surface area (Å²) in [5.41, 5.74) is 4.13. The van der Waals surface area contributed by atoms with Crippen LogP contribution in [0.2, 0.25) is 0 Å². The Bertz CT molecular complexity index is 790. The molecule has 0 radical (unpaired) electrons. The molecule has 0 saturated carbocycles. The third-order valence-corrected chi connectivity index (χ3v) is 3.93. The number of nitrogens with zero attached hydrogens (tertiary/aromatic N) is 1. The Morgan fingerprint density at radius 1 is 1.13 bits per heavy atom. The fourth-order valence-corrected chi connectivity index (χ4v) is 2.62. The van der Waals surface area contributed by atoms with E-state index in [0.717, 1.165) is 28.6 Å². The monoisotopic (exact) mass is 307 g/mol. The summed E-state index contributed by atoms with van der Waals surface area (Å²) in [5.74, 6) is -0.00541. The van der Waals surface area contributed by atoms with Gasteiger partial charge in [-0.1, -0.05) is 37.6 Å². The summed E-state index contributed by atoms with van der Waals surface area (Å²) in [6.07, 6.45) is 5.65. The lowest BCUT2D eigenvalue weighted by Gasteiger charge is -2.06. The Labute approximate surface area is 135 Å². The fourth-order valence-electron chi connectivity index (χ4n) is 2.62. The van der Waals surface area contributed by atoms with E-state index >= 15 is 0 Å². The summed E-state index contributed by atoms with van der Waals surface area (Å²) in [4.78, 5) is 12.2. The van der Waals surface area contributed by atoms with Gasteiger partial charge in [0, 0.05) is 11.1 Å². The van der Waals surface area contributed by atoms with Crippen molar-refractivity contribution in [1.82, 2.24) is 10.2 Å². The molecule has 0 unspecified atom stereocenters. The maximum atomic E-state index is 12.2. The highest BCUT2D eigenvalue weighted by molar-refractivity contribution is 5.94. The molecule has 0 spiro atoms. The SMILES string of the molecule is CCCCc1ccc(CC(=O)Nc2ccc3[nH]ncc3c2)cc1. The lowest BCUT2D eigenvalue weighted by molar-refractivity contribution is -0.115. The molecule has 0 aliphatic heterocycles. The zero-order valence-corrected chi connectivity index (χ0v) is 13.3.